The van der Waals surface area contributed by atoms with E-state index in [0.717, 1.165) is 24.0 Å². The SMILES string of the molecule is CNC(=O)[C@@H](c1ccccc1)N(Cc1ccc(OC)cc1)C(=O)CCc1ccc(S(=O)(=O)NC2CC2)cc1. The average Bonchev–Trinajstić information content (AvgIpc) is 3.75. The van der Waals surface area contributed by atoms with E-state index < -0.39 is 16.1 Å². The summed E-state index contributed by atoms with van der Waals surface area (Å²) in [6.45, 7) is 0.236. The van der Waals surface area contributed by atoms with Gasteiger partial charge in [-0.1, -0.05) is 54.6 Å². The molecule has 9 heteroatoms. The van der Waals surface area contributed by atoms with Crippen molar-refractivity contribution < 1.29 is 22.7 Å². The first kappa shape index (κ1) is 27.3. The first-order chi connectivity index (χ1) is 18.3. The van der Waals surface area contributed by atoms with Gasteiger partial charge in [-0.2, -0.15) is 0 Å². The second-order valence-electron chi connectivity index (χ2n) is 9.34. The number of likely N-dealkylation sites (N-methyl/N-ethyl adjacent to an activating group) is 1. The number of nitrogens with one attached hydrogen (secondary N) is 2. The van der Waals surface area contributed by atoms with Crippen molar-refractivity contribution in [1.82, 2.24) is 14.9 Å². The minimum absolute atomic E-state index is 0.0341. The molecule has 2 N–H and O–H groups in total. The highest BCUT2D eigenvalue weighted by molar-refractivity contribution is 7.89. The lowest BCUT2D eigenvalue weighted by atomic mass is 10.0. The number of hydrogen-bond acceptors (Lipinski definition) is 5. The summed E-state index contributed by atoms with van der Waals surface area (Å²) in [5.74, 6) is 0.233. The van der Waals surface area contributed by atoms with Crippen molar-refractivity contribution in [2.45, 2.75) is 49.2 Å². The molecule has 3 aromatic carbocycles. The number of hydrogen-bond donors (Lipinski definition) is 2. The van der Waals surface area contributed by atoms with Crippen molar-refractivity contribution in [2.24, 2.45) is 0 Å². The fourth-order valence-electron chi connectivity index (χ4n) is 4.21. The summed E-state index contributed by atoms with van der Waals surface area (Å²) in [4.78, 5) is 28.5. The highest BCUT2D eigenvalue weighted by Gasteiger charge is 2.31. The molecular weight excluding hydrogens is 502 g/mol. The molecule has 3 aromatic rings. The van der Waals surface area contributed by atoms with Gasteiger partial charge < -0.3 is 15.0 Å². The van der Waals surface area contributed by atoms with E-state index in [1.165, 1.54) is 0 Å². The molecule has 0 heterocycles. The third-order valence-electron chi connectivity index (χ3n) is 6.51. The van der Waals surface area contributed by atoms with Gasteiger partial charge in [0.15, 0.2) is 0 Å². The van der Waals surface area contributed by atoms with Crippen LogP contribution in [0.4, 0.5) is 0 Å². The first-order valence-electron chi connectivity index (χ1n) is 12.6. The summed E-state index contributed by atoms with van der Waals surface area (Å²) < 4.78 is 32.8. The van der Waals surface area contributed by atoms with E-state index >= 15 is 0 Å². The van der Waals surface area contributed by atoms with Gasteiger partial charge in [-0.25, -0.2) is 13.1 Å². The summed E-state index contributed by atoms with van der Waals surface area (Å²) >= 11 is 0. The van der Waals surface area contributed by atoms with Gasteiger partial charge in [0.2, 0.25) is 21.8 Å². The van der Waals surface area contributed by atoms with E-state index in [4.69, 9.17) is 4.74 Å². The maximum Gasteiger partial charge on any atom is 0.247 e. The van der Waals surface area contributed by atoms with Crippen molar-refractivity contribution in [3.63, 3.8) is 0 Å². The molecule has 1 aliphatic carbocycles. The quantitative estimate of drug-likeness (QED) is 0.369. The zero-order valence-corrected chi connectivity index (χ0v) is 22.4. The van der Waals surface area contributed by atoms with Gasteiger partial charge >= 0.3 is 0 Å². The number of sulfonamides is 1. The van der Waals surface area contributed by atoms with Gasteiger partial charge in [-0.05, 0) is 60.2 Å². The minimum atomic E-state index is -3.53. The number of methoxy groups -OCH3 is 1. The maximum absolute atomic E-state index is 13.6. The van der Waals surface area contributed by atoms with E-state index in [9.17, 15) is 18.0 Å². The molecule has 0 saturated heterocycles. The van der Waals surface area contributed by atoms with Gasteiger partial charge in [0, 0.05) is 26.1 Å². The Morgan fingerprint density at radius 2 is 1.58 bits per heavy atom. The molecule has 4 rings (SSSR count). The molecule has 38 heavy (non-hydrogen) atoms. The minimum Gasteiger partial charge on any atom is -0.497 e. The van der Waals surface area contributed by atoms with E-state index in [0.29, 0.717) is 17.7 Å². The zero-order chi connectivity index (χ0) is 27.1. The molecule has 0 aromatic heterocycles. The highest BCUT2D eigenvalue weighted by atomic mass is 32.2. The Hall–Kier alpha value is -3.69. The lowest BCUT2D eigenvalue weighted by Gasteiger charge is -2.31. The van der Waals surface area contributed by atoms with Gasteiger partial charge in [-0.3, -0.25) is 9.59 Å². The van der Waals surface area contributed by atoms with Crippen molar-refractivity contribution in [3.8, 4) is 5.75 Å². The van der Waals surface area contributed by atoms with E-state index in [1.807, 2.05) is 54.6 Å². The fourth-order valence-corrected chi connectivity index (χ4v) is 5.52. The molecule has 0 spiro atoms. The topological polar surface area (TPSA) is 105 Å². The number of benzene rings is 3. The number of amides is 2. The summed E-state index contributed by atoms with van der Waals surface area (Å²) in [6, 6.07) is 22.4. The third kappa shape index (κ3) is 6.99. The van der Waals surface area contributed by atoms with Crippen LogP contribution in [0.25, 0.3) is 0 Å². The Balaban J connectivity index is 1.53. The van der Waals surface area contributed by atoms with Crippen molar-refractivity contribution in [1.29, 1.82) is 0 Å². The van der Waals surface area contributed by atoms with E-state index in [2.05, 4.69) is 10.0 Å². The number of aryl methyl sites for hydroxylation is 1. The van der Waals surface area contributed by atoms with Crippen molar-refractivity contribution >= 4 is 21.8 Å². The number of carbonyl (C=O) groups is 2. The van der Waals surface area contributed by atoms with Gasteiger partial charge in [0.05, 0.1) is 12.0 Å². The summed E-state index contributed by atoms with van der Waals surface area (Å²) in [6.07, 6.45) is 2.30. The van der Waals surface area contributed by atoms with E-state index in [-0.39, 0.29) is 35.7 Å². The third-order valence-corrected chi connectivity index (χ3v) is 8.05. The Morgan fingerprint density at radius 1 is 0.947 bits per heavy atom. The second-order valence-corrected chi connectivity index (χ2v) is 11.1. The maximum atomic E-state index is 13.6. The number of carbonyl (C=O) groups excluding carboxylic acids is 2. The predicted octanol–water partition coefficient (Wildman–Crippen LogP) is 3.58. The van der Waals surface area contributed by atoms with Crippen molar-refractivity contribution in [2.75, 3.05) is 14.2 Å². The Morgan fingerprint density at radius 3 is 2.16 bits per heavy atom. The van der Waals surface area contributed by atoms with Crippen LogP contribution in [0.1, 0.15) is 42.0 Å². The number of nitrogens with zero attached hydrogens (tertiary/aromatic N) is 1. The molecular formula is C29H33N3O5S. The van der Waals surface area contributed by atoms with Gasteiger partial charge in [0.25, 0.3) is 0 Å². The Labute approximate surface area is 224 Å². The Kier molecular flexibility index (Phi) is 8.81. The van der Waals surface area contributed by atoms with Crippen LogP contribution in [0, 0.1) is 0 Å². The lowest BCUT2D eigenvalue weighted by molar-refractivity contribution is -0.141. The van der Waals surface area contributed by atoms with E-state index in [1.54, 1.807) is 43.3 Å². The average molecular weight is 536 g/mol. The molecule has 1 fully saturated rings. The predicted molar refractivity (Wildman–Crippen MR) is 145 cm³/mol. The molecule has 0 radical (unpaired) electrons. The largest absolute Gasteiger partial charge is 0.497 e. The summed E-state index contributed by atoms with van der Waals surface area (Å²) in [5.41, 5.74) is 2.41. The second kappa shape index (κ2) is 12.2. The molecule has 0 aliphatic heterocycles. The van der Waals surface area contributed by atoms with Crippen LogP contribution >= 0.6 is 0 Å². The van der Waals surface area contributed by atoms with Crippen LogP contribution in [0.3, 0.4) is 0 Å². The number of ether oxygens (including phenoxy) is 1. The molecule has 200 valence electrons. The monoisotopic (exact) mass is 535 g/mol. The van der Waals surface area contributed by atoms with Crippen LogP contribution in [-0.4, -0.2) is 45.3 Å². The smallest absolute Gasteiger partial charge is 0.247 e. The number of rotatable bonds is 12. The van der Waals surface area contributed by atoms with Crippen LogP contribution in [0.5, 0.6) is 5.75 Å². The fraction of sp³-hybridized carbons (Fsp3) is 0.310. The van der Waals surface area contributed by atoms with Crippen LogP contribution < -0.4 is 14.8 Å². The highest BCUT2D eigenvalue weighted by Crippen LogP contribution is 2.26. The van der Waals surface area contributed by atoms with Gasteiger partial charge in [0.1, 0.15) is 11.8 Å². The molecule has 2 amide bonds. The normalized spacial score (nSPS) is 13.9. The zero-order valence-electron chi connectivity index (χ0n) is 21.6. The molecule has 0 bridgehead atoms. The van der Waals surface area contributed by atoms with Crippen LogP contribution in [0.15, 0.2) is 83.8 Å². The van der Waals surface area contributed by atoms with Crippen LogP contribution in [-0.2, 0) is 32.6 Å². The van der Waals surface area contributed by atoms with Crippen LogP contribution in [0.2, 0.25) is 0 Å². The van der Waals surface area contributed by atoms with Gasteiger partial charge in [-0.15, -0.1) is 0 Å². The molecule has 1 atom stereocenters. The Bertz CT molecular complexity index is 1340. The summed E-state index contributed by atoms with van der Waals surface area (Å²) in [5, 5.41) is 2.70. The molecule has 0 unspecified atom stereocenters. The van der Waals surface area contributed by atoms with Crippen molar-refractivity contribution in [3.05, 3.63) is 95.6 Å². The summed E-state index contributed by atoms with van der Waals surface area (Å²) in [7, 11) is -0.383. The lowest BCUT2D eigenvalue weighted by Crippen LogP contribution is -2.42. The molecule has 1 saturated carbocycles. The molecule has 1 aliphatic rings. The standard InChI is InChI=1S/C29H33N3O5S/c1-30-29(34)28(23-6-4-3-5-7-23)32(20-22-8-15-25(37-2)16-9-22)27(33)19-12-21-10-17-26(18-11-21)38(35,36)31-24-13-14-24/h3-11,15-18,24,28,31H,12-14,19-20H2,1-2H3,(H,30,34)/t28-/m1/s1. The molecule has 8 nitrogen and oxygen atoms in total. The first-order valence-corrected chi connectivity index (χ1v) is 14.1.